The Morgan fingerprint density at radius 3 is 1.49 bits per heavy atom. The van der Waals surface area contributed by atoms with E-state index in [1.165, 1.54) is 22.7 Å². The van der Waals surface area contributed by atoms with Crippen LogP contribution in [-0.4, -0.2) is 35.1 Å². The van der Waals surface area contributed by atoms with Crippen molar-refractivity contribution in [1.82, 2.24) is 20.8 Å². The Labute approximate surface area is 327 Å². The van der Waals surface area contributed by atoms with Gasteiger partial charge in [0.25, 0.3) is 0 Å². The Hall–Kier alpha value is -5.80. The van der Waals surface area contributed by atoms with E-state index in [1.807, 2.05) is 85.3 Å². The predicted molar refractivity (Wildman–Crippen MR) is 219 cm³/mol. The molecule has 2 atom stereocenters. The van der Waals surface area contributed by atoms with E-state index >= 15 is 0 Å². The van der Waals surface area contributed by atoms with Crippen LogP contribution in [0, 0.1) is 0 Å². The summed E-state index contributed by atoms with van der Waals surface area (Å²) < 4.78 is 13.5. The van der Waals surface area contributed by atoms with Crippen LogP contribution in [0.1, 0.15) is 37.1 Å². The average Bonchev–Trinajstić information content (AvgIpc) is 3.86. The van der Waals surface area contributed by atoms with Crippen molar-refractivity contribution in [1.29, 1.82) is 0 Å². The molecule has 8 rings (SSSR count). The van der Waals surface area contributed by atoms with Gasteiger partial charge in [0.1, 0.15) is 11.5 Å². The number of anilines is 2. The second-order valence-corrected chi connectivity index (χ2v) is 16.7. The van der Waals surface area contributed by atoms with Gasteiger partial charge in [-0.3, -0.25) is 0 Å². The zero-order chi connectivity index (χ0) is 38.1. The molecular formula is C40H32N6O6S2Se. The summed E-state index contributed by atoms with van der Waals surface area (Å²) in [6, 6.07) is 28.5. The van der Waals surface area contributed by atoms with E-state index in [4.69, 9.17) is 8.83 Å². The van der Waals surface area contributed by atoms with Crippen LogP contribution >= 0.6 is 22.7 Å². The van der Waals surface area contributed by atoms with Gasteiger partial charge in [-0.25, -0.2) is 0 Å². The number of aromatic hydroxyl groups is 2. The van der Waals surface area contributed by atoms with E-state index in [9.17, 15) is 19.8 Å². The predicted octanol–water partition coefficient (Wildman–Crippen LogP) is 6.57. The molecule has 55 heavy (non-hydrogen) atoms. The summed E-state index contributed by atoms with van der Waals surface area (Å²) in [5, 5.41) is 26.8. The first-order valence-electron chi connectivity index (χ1n) is 17.0. The average molecular weight is 836 g/mol. The molecule has 0 saturated carbocycles. The number of phenolic OH excluding ortho intramolecular Hbond substituents is 2. The van der Waals surface area contributed by atoms with Crippen molar-refractivity contribution < 1.29 is 19.0 Å². The quantitative estimate of drug-likeness (QED) is 0.0445. The number of hydrogen-bond acceptors (Lipinski definition) is 14. The first-order chi connectivity index (χ1) is 26.7. The zero-order valence-electron chi connectivity index (χ0n) is 29.2. The topological polar surface area (TPSA) is 175 Å². The summed E-state index contributed by atoms with van der Waals surface area (Å²) in [7, 11) is 0. The number of para-hydroxylation sites is 2. The monoisotopic (exact) mass is 836 g/mol. The molecule has 276 valence electrons. The number of phenols is 2. The molecule has 4 aromatic heterocycles. The summed E-state index contributed by atoms with van der Waals surface area (Å²) in [6.07, 6.45) is 0. The fraction of sp³-hybridized carbons (Fsp3) is 0.100. The molecule has 0 aliphatic carbocycles. The molecule has 0 spiro atoms. The molecule has 6 N–H and O–H groups in total. The third-order valence-corrected chi connectivity index (χ3v) is 12.4. The summed E-state index contributed by atoms with van der Waals surface area (Å²) >= 11 is 2.63. The number of hydrazine groups is 2. The van der Waals surface area contributed by atoms with E-state index in [-0.39, 0.29) is 26.5 Å². The molecule has 0 amide bonds. The van der Waals surface area contributed by atoms with E-state index in [0.29, 0.717) is 55.1 Å². The fourth-order valence-corrected chi connectivity index (χ4v) is 9.15. The van der Waals surface area contributed by atoms with Gasteiger partial charge in [0.2, 0.25) is 0 Å². The normalized spacial score (nSPS) is 12.5. The summed E-state index contributed by atoms with van der Waals surface area (Å²) in [5.74, 6) is 0.306. The van der Waals surface area contributed by atoms with Gasteiger partial charge < -0.3 is 10.2 Å². The van der Waals surface area contributed by atoms with Crippen LogP contribution in [0.5, 0.6) is 11.5 Å². The summed E-state index contributed by atoms with van der Waals surface area (Å²) in [4.78, 5) is 35.0. The number of hydrogen-bond donors (Lipinski definition) is 6. The van der Waals surface area contributed by atoms with Gasteiger partial charge >= 0.3 is 259 Å². The molecule has 15 heteroatoms. The Morgan fingerprint density at radius 1 is 0.618 bits per heavy atom. The second kappa shape index (κ2) is 15.5. The standard InChI is InChI=1S/C40H32N6O6S2Se/c1-21(43-45-39-41-31(19-53-39)27-7-3-5-9-33(27)47)29-17-23-15-25(11-13-35(23)51-37(29)49)55-26-12-14-36-24(16-26)18-30(38(50)52-36)22(2)44-46-40-42-32(20-54-40)28-8-4-6-10-34(28)48/h3-22,43-44,47-48H,1-2H3,(H,41,45)(H,42,46). The Bertz CT molecular complexity index is 2610. The van der Waals surface area contributed by atoms with Crippen molar-refractivity contribution in [3.63, 3.8) is 0 Å². The Kier molecular flexibility index (Phi) is 10.2. The summed E-state index contributed by atoms with van der Waals surface area (Å²) in [6.45, 7) is 3.72. The van der Waals surface area contributed by atoms with Gasteiger partial charge in [0.15, 0.2) is 0 Å². The van der Waals surface area contributed by atoms with Crippen LogP contribution in [0.3, 0.4) is 0 Å². The minimum atomic E-state index is -0.434. The van der Waals surface area contributed by atoms with Crippen molar-refractivity contribution in [3.05, 3.63) is 140 Å². The molecule has 4 heterocycles. The SMILES string of the molecule is CC(NNc1nc(-c2ccccc2O)cs1)c1cc2cc([Se]c3ccc4oc(=O)c(C(C)NNc5nc(-c6ccccc6O)cs5)cc4c3)ccc2oc1=O. The molecule has 0 bridgehead atoms. The van der Waals surface area contributed by atoms with Crippen LogP contribution in [0.15, 0.2) is 126 Å². The van der Waals surface area contributed by atoms with E-state index < -0.39 is 23.3 Å². The molecule has 0 radical (unpaired) electrons. The van der Waals surface area contributed by atoms with Crippen LogP contribution in [0.25, 0.3) is 44.5 Å². The van der Waals surface area contributed by atoms with E-state index in [1.54, 1.807) is 36.4 Å². The number of benzene rings is 4. The van der Waals surface area contributed by atoms with Crippen molar-refractivity contribution in [2.75, 3.05) is 10.9 Å². The van der Waals surface area contributed by atoms with Gasteiger partial charge in [-0.2, -0.15) is 0 Å². The minimum absolute atomic E-state index is 0.114. The number of nitrogens with one attached hydrogen (secondary N) is 4. The molecule has 0 aliphatic heterocycles. The molecule has 0 saturated heterocycles. The molecule has 12 nitrogen and oxygen atoms in total. The molecule has 8 aromatic rings. The molecule has 2 unspecified atom stereocenters. The van der Waals surface area contributed by atoms with Crippen LogP contribution in [-0.2, 0) is 0 Å². The third kappa shape index (κ3) is 7.89. The van der Waals surface area contributed by atoms with Crippen LogP contribution in [0.4, 0.5) is 10.3 Å². The number of rotatable bonds is 12. The molecule has 4 aromatic carbocycles. The van der Waals surface area contributed by atoms with Crippen molar-refractivity contribution in [2.45, 2.75) is 25.9 Å². The van der Waals surface area contributed by atoms with Crippen molar-refractivity contribution >= 4 is 78.8 Å². The van der Waals surface area contributed by atoms with Gasteiger partial charge in [-0.15, -0.1) is 0 Å². The van der Waals surface area contributed by atoms with Crippen molar-refractivity contribution in [2.24, 2.45) is 0 Å². The van der Waals surface area contributed by atoms with Crippen molar-refractivity contribution in [3.8, 4) is 34.0 Å². The third-order valence-electron chi connectivity index (χ3n) is 8.79. The maximum absolute atomic E-state index is 13.0. The number of aromatic nitrogens is 2. The molecular weight excluding hydrogens is 804 g/mol. The number of fused-ring (bicyclic) bond motifs is 2. The first kappa shape index (κ1) is 36.2. The van der Waals surface area contributed by atoms with Gasteiger partial charge in [-0.05, 0) is 24.3 Å². The van der Waals surface area contributed by atoms with E-state index in [2.05, 4.69) is 31.7 Å². The number of nitrogens with zero attached hydrogens (tertiary/aromatic N) is 2. The van der Waals surface area contributed by atoms with Gasteiger partial charge in [-0.1, -0.05) is 24.3 Å². The summed E-state index contributed by atoms with van der Waals surface area (Å²) in [5.41, 5.74) is 16.0. The van der Waals surface area contributed by atoms with E-state index in [0.717, 1.165) is 19.7 Å². The first-order valence-corrected chi connectivity index (χ1v) is 20.5. The second-order valence-electron chi connectivity index (χ2n) is 12.6. The van der Waals surface area contributed by atoms with Gasteiger partial charge in [0, 0.05) is 0 Å². The number of thiazole rings is 2. The molecule has 0 aliphatic rings. The Balaban J connectivity index is 0.949. The van der Waals surface area contributed by atoms with Gasteiger partial charge in [0.05, 0.1) is 0 Å². The molecule has 0 fully saturated rings. The zero-order valence-corrected chi connectivity index (χ0v) is 32.5. The van der Waals surface area contributed by atoms with Crippen LogP contribution in [0.2, 0.25) is 0 Å². The Morgan fingerprint density at radius 2 is 1.05 bits per heavy atom. The van der Waals surface area contributed by atoms with Crippen LogP contribution < -0.4 is 41.9 Å². The fourth-order valence-electron chi connectivity index (χ4n) is 5.89. The maximum atomic E-state index is 13.0.